The number of rotatable bonds is 4. The van der Waals surface area contributed by atoms with Gasteiger partial charge in [-0.1, -0.05) is 18.5 Å². The first-order valence-electron chi connectivity index (χ1n) is 6.13. The molecule has 0 aliphatic carbocycles. The summed E-state index contributed by atoms with van der Waals surface area (Å²) in [5.41, 5.74) is 0. The topological polar surface area (TPSA) is 38.2 Å². The fourth-order valence-corrected chi connectivity index (χ4v) is 2.19. The van der Waals surface area contributed by atoms with Crippen molar-refractivity contribution < 1.29 is 4.74 Å². The highest BCUT2D eigenvalue weighted by Crippen LogP contribution is 2.20. The van der Waals surface area contributed by atoms with Gasteiger partial charge in [-0.3, -0.25) is 4.98 Å². The van der Waals surface area contributed by atoms with Crippen LogP contribution in [0.25, 0.3) is 0 Å². The Hall–Kier alpha value is -0.870. The van der Waals surface area contributed by atoms with E-state index < -0.39 is 0 Å². The molecule has 1 saturated heterocycles. The Kier molecular flexibility index (Phi) is 4.57. The van der Waals surface area contributed by atoms with Crippen molar-refractivity contribution in [2.24, 2.45) is 0 Å². The summed E-state index contributed by atoms with van der Waals surface area (Å²) in [6.45, 7) is 4.85. The number of ether oxygens (including phenoxy) is 1. The van der Waals surface area contributed by atoms with Crippen LogP contribution in [0.3, 0.4) is 0 Å². The van der Waals surface area contributed by atoms with Crippen LogP contribution in [0.15, 0.2) is 12.4 Å². The summed E-state index contributed by atoms with van der Waals surface area (Å²) >= 11 is 5.85. The van der Waals surface area contributed by atoms with Crippen LogP contribution in [0, 0.1) is 0 Å². The Morgan fingerprint density at radius 1 is 1.53 bits per heavy atom. The van der Waals surface area contributed by atoms with Gasteiger partial charge in [-0.2, -0.15) is 0 Å². The lowest BCUT2D eigenvalue weighted by Gasteiger charge is -2.33. The summed E-state index contributed by atoms with van der Waals surface area (Å²) in [7, 11) is 0. The average Bonchev–Trinajstić information content (AvgIpc) is 2.37. The molecule has 1 atom stereocenters. The van der Waals surface area contributed by atoms with Gasteiger partial charge in [0.15, 0.2) is 0 Å². The molecular formula is C12H18ClN3O. The Balaban J connectivity index is 1.97. The molecular weight excluding hydrogens is 238 g/mol. The van der Waals surface area contributed by atoms with Crippen molar-refractivity contribution in [2.75, 3.05) is 24.6 Å². The number of halogens is 1. The normalized spacial score (nSPS) is 20.6. The average molecular weight is 256 g/mol. The summed E-state index contributed by atoms with van der Waals surface area (Å²) in [6, 6.07) is 0. The van der Waals surface area contributed by atoms with E-state index in [0.29, 0.717) is 11.3 Å². The fraction of sp³-hybridized carbons (Fsp3) is 0.667. The first-order chi connectivity index (χ1) is 8.29. The van der Waals surface area contributed by atoms with Gasteiger partial charge in [-0.15, -0.1) is 0 Å². The van der Waals surface area contributed by atoms with E-state index in [-0.39, 0.29) is 0 Å². The molecule has 17 heavy (non-hydrogen) atoms. The highest BCUT2D eigenvalue weighted by atomic mass is 35.5. The molecule has 1 aliphatic rings. The molecule has 0 aromatic carbocycles. The first kappa shape index (κ1) is 12.6. The van der Waals surface area contributed by atoms with Gasteiger partial charge in [0, 0.05) is 19.7 Å². The molecule has 0 bridgehead atoms. The third kappa shape index (κ3) is 3.54. The lowest BCUT2D eigenvalue weighted by atomic mass is 10.1. The summed E-state index contributed by atoms with van der Waals surface area (Å²) in [4.78, 5) is 10.6. The molecule has 0 N–H and O–H groups in total. The van der Waals surface area contributed by atoms with E-state index in [9.17, 15) is 0 Å². The van der Waals surface area contributed by atoms with E-state index in [1.54, 1.807) is 12.4 Å². The van der Waals surface area contributed by atoms with Crippen LogP contribution in [-0.4, -0.2) is 35.8 Å². The van der Waals surface area contributed by atoms with Crippen LogP contribution in [0.2, 0.25) is 5.15 Å². The predicted molar refractivity (Wildman–Crippen MR) is 68.5 cm³/mol. The molecule has 1 unspecified atom stereocenters. The fourth-order valence-electron chi connectivity index (χ4n) is 2.05. The van der Waals surface area contributed by atoms with Crippen LogP contribution < -0.4 is 4.90 Å². The lowest BCUT2D eigenvalue weighted by Crippen LogP contribution is -2.40. The van der Waals surface area contributed by atoms with E-state index in [1.807, 2.05) is 0 Å². The largest absolute Gasteiger partial charge is 0.376 e. The zero-order valence-electron chi connectivity index (χ0n) is 10.1. The summed E-state index contributed by atoms with van der Waals surface area (Å²) in [6.07, 6.45) is 6.94. The van der Waals surface area contributed by atoms with Gasteiger partial charge in [0.2, 0.25) is 0 Å². The number of hydrogen-bond donors (Lipinski definition) is 0. The van der Waals surface area contributed by atoms with Crippen LogP contribution in [0.4, 0.5) is 5.82 Å². The van der Waals surface area contributed by atoms with Crippen molar-refractivity contribution in [3.05, 3.63) is 17.5 Å². The quantitative estimate of drug-likeness (QED) is 0.829. The number of anilines is 1. The second-order valence-electron chi connectivity index (χ2n) is 4.28. The van der Waals surface area contributed by atoms with Gasteiger partial charge in [0.05, 0.1) is 18.5 Å². The molecule has 4 nitrogen and oxygen atoms in total. The minimum absolute atomic E-state index is 0.310. The van der Waals surface area contributed by atoms with E-state index >= 15 is 0 Å². The molecule has 5 heteroatoms. The maximum Gasteiger partial charge on any atom is 0.149 e. The van der Waals surface area contributed by atoms with Crippen molar-refractivity contribution in [2.45, 2.75) is 32.3 Å². The minimum atomic E-state index is 0.310. The predicted octanol–water partition coefficient (Wildman–Crippen LogP) is 2.53. The van der Waals surface area contributed by atoms with E-state index in [4.69, 9.17) is 16.3 Å². The third-order valence-corrected chi connectivity index (χ3v) is 3.03. The maximum atomic E-state index is 5.85. The Morgan fingerprint density at radius 3 is 3.18 bits per heavy atom. The second-order valence-corrected chi connectivity index (χ2v) is 4.67. The van der Waals surface area contributed by atoms with Gasteiger partial charge in [-0.05, 0) is 19.3 Å². The van der Waals surface area contributed by atoms with Crippen molar-refractivity contribution in [1.82, 2.24) is 9.97 Å². The highest BCUT2D eigenvalue weighted by molar-refractivity contribution is 6.29. The molecule has 94 valence electrons. The van der Waals surface area contributed by atoms with Gasteiger partial charge >= 0.3 is 0 Å². The zero-order valence-corrected chi connectivity index (χ0v) is 10.9. The van der Waals surface area contributed by atoms with E-state index in [2.05, 4.69) is 21.8 Å². The van der Waals surface area contributed by atoms with E-state index in [0.717, 1.165) is 44.8 Å². The van der Waals surface area contributed by atoms with Crippen molar-refractivity contribution in [3.63, 3.8) is 0 Å². The summed E-state index contributed by atoms with van der Waals surface area (Å²) < 4.78 is 5.79. The summed E-state index contributed by atoms with van der Waals surface area (Å²) in [5, 5.41) is 0.444. The highest BCUT2D eigenvalue weighted by Gasteiger charge is 2.21. The summed E-state index contributed by atoms with van der Waals surface area (Å²) in [5.74, 6) is 0.849. The molecule has 0 radical (unpaired) electrons. The second kappa shape index (κ2) is 6.17. The smallest absolute Gasteiger partial charge is 0.149 e. The zero-order chi connectivity index (χ0) is 12.1. The first-order valence-corrected chi connectivity index (χ1v) is 6.51. The molecule has 1 fully saturated rings. The molecule has 1 aromatic heterocycles. The monoisotopic (exact) mass is 255 g/mol. The molecule has 1 aliphatic heterocycles. The number of piperidine rings is 1. The van der Waals surface area contributed by atoms with Crippen molar-refractivity contribution in [3.8, 4) is 0 Å². The minimum Gasteiger partial charge on any atom is -0.376 e. The van der Waals surface area contributed by atoms with Crippen molar-refractivity contribution >= 4 is 17.4 Å². The number of nitrogens with zero attached hydrogens (tertiary/aromatic N) is 3. The molecule has 2 rings (SSSR count). The van der Waals surface area contributed by atoms with Crippen LogP contribution in [0.1, 0.15) is 26.2 Å². The SMILES string of the molecule is CCCOC1CCCN(c2cncc(Cl)n2)C1. The number of hydrogen-bond acceptors (Lipinski definition) is 4. The maximum absolute atomic E-state index is 5.85. The molecule has 0 saturated carbocycles. The van der Waals surface area contributed by atoms with Crippen molar-refractivity contribution in [1.29, 1.82) is 0 Å². The Labute approximate surface area is 107 Å². The Bertz CT molecular complexity index is 361. The van der Waals surface area contributed by atoms with Gasteiger partial charge in [0.25, 0.3) is 0 Å². The van der Waals surface area contributed by atoms with Gasteiger partial charge in [0.1, 0.15) is 11.0 Å². The molecule has 1 aromatic rings. The van der Waals surface area contributed by atoms with Gasteiger partial charge in [-0.25, -0.2) is 4.98 Å². The van der Waals surface area contributed by atoms with E-state index in [1.165, 1.54) is 0 Å². The Morgan fingerprint density at radius 2 is 2.41 bits per heavy atom. The molecule has 0 amide bonds. The number of aromatic nitrogens is 2. The van der Waals surface area contributed by atoms with Crippen LogP contribution in [-0.2, 0) is 4.74 Å². The molecule has 0 spiro atoms. The lowest BCUT2D eigenvalue weighted by molar-refractivity contribution is 0.0439. The van der Waals surface area contributed by atoms with Gasteiger partial charge < -0.3 is 9.64 Å². The standard InChI is InChI=1S/C12H18ClN3O/c1-2-6-17-10-4-3-5-16(9-10)12-8-14-7-11(13)15-12/h7-8,10H,2-6,9H2,1H3. The van der Waals surface area contributed by atoms with Crippen LogP contribution in [0.5, 0.6) is 0 Å². The molecule has 2 heterocycles. The van der Waals surface area contributed by atoms with Crippen LogP contribution >= 0.6 is 11.6 Å². The third-order valence-electron chi connectivity index (χ3n) is 2.85.